The van der Waals surface area contributed by atoms with E-state index in [1.807, 2.05) is 5.38 Å². The fraction of sp³-hybridized carbons (Fsp3) is 0. The molecule has 0 saturated carbocycles. The molecule has 1 N–H and O–H groups in total. The highest BCUT2D eigenvalue weighted by atomic mass is 32.1. The Labute approximate surface area is 56.4 Å². The van der Waals surface area contributed by atoms with E-state index in [0.29, 0.717) is 5.56 Å². The van der Waals surface area contributed by atoms with Gasteiger partial charge in [-0.15, -0.1) is 0 Å². The van der Waals surface area contributed by atoms with Gasteiger partial charge in [0.05, 0.1) is 0 Å². The first-order chi connectivity index (χ1) is 4.30. The Hall–Kier alpha value is -0.960. The molecule has 0 aliphatic carbocycles. The fourth-order valence-electron chi connectivity index (χ4n) is 0.462. The van der Waals surface area contributed by atoms with E-state index in [0.717, 1.165) is 0 Å². The van der Waals surface area contributed by atoms with Crippen LogP contribution in [-0.4, -0.2) is 11.1 Å². The van der Waals surface area contributed by atoms with Crippen molar-refractivity contribution in [2.45, 2.75) is 0 Å². The van der Waals surface area contributed by atoms with Crippen molar-refractivity contribution < 1.29 is 9.90 Å². The first kappa shape index (κ1) is 6.16. The summed E-state index contributed by atoms with van der Waals surface area (Å²) in [5.41, 5.74) is 0.350. The third-order valence-corrected chi connectivity index (χ3v) is 1.58. The van der Waals surface area contributed by atoms with Crippen LogP contribution in [0.15, 0.2) is 22.9 Å². The molecule has 1 rings (SSSR count). The maximum absolute atomic E-state index is 10.2. The normalized spacial score (nSPS) is 8.89. The van der Waals surface area contributed by atoms with Crippen LogP contribution in [0.1, 0.15) is 10.4 Å². The summed E-state index contributed by atoms with van der Waals surface area (Å²) in [4.78, 5) is 10.2. The lowest BCUT2D eigenvalue weighted by Crippen LogP contribution is -1.92. The molecule has 0 radical (unpaired) electrons. The first-order valence-corrected chi connectivity index (χ1v) is 3.34. The van der Waals surface area contributed by atoms with Crippen LogP contribution < -0.4 is 0 Å². The Morgan fingerprint density at radius 3 is 2.78 bits per heavy atom. The van der Waals surface area contributed by atoms with Crippen LogP contribution in [0.2, 0.25) is 0 Å². The molecule has 0 unspecified atom stereocenters. The van der Waals surface area contributed by atoms with Gasteiger partial charge in [0.15, 0.2) is 5.38 Å². The number of carboxylic acid groups (broad SMARTS) is 1. The van der Waals surface area contributed by atoms with E-state index in [4.69, 9.17) is 5.11 Å². The summed E-state index contributed by atoms with van der Waals surface area (Å²) in [5, 5.41) is 11.8. The summed E-state index contributed by atoms with van der Waals surface area (Å²) in [6.45, 7) is 0. The van der Waals surface area contributed by atoms with E-state index in [1.165, 1.54) is 11.3 Å². The maximum Gasteiger partial charge on any atom is 0.340 e. The minimum Gasteiger partial charge on any atom is -0.478 e. The molecule has 9 heavy (non-hydrogen) atoms. The SMILES string of the molecule is O=C(O)c1ccc[s+]c1. The van der Waals surface area contributed by atoms with Gasteiger partial charge in [0.2, 0.25) is 16.7 Å². The molecular formula is C6H5O2S+. The van der Waals surface area contributed by atoms with Crippen molar-refractivity contribution in [2.75, 3.05) is 0 Å². The summed E-state index contributed by atoms with van der Waals surface area (Å²) in [6, 6.07) is 3.28. The molecule has 1 heterocycles. The van der Waals surface area contributed by atoms with E-state index >= 15 is 0 Å². The second kappa shape index (κ2) is 2.55. The zero-order chi connectivity index (χ0) is 6.69. The molecule has 2 nitrogen and oxygen atoms in total. The highest BCUT2D eigenvalue weighted by Crippen LogP contribution is 2.01. The maximum atomic E-state index is 10.2. The van der Waals surface area contributed by atoms with Crippen LogP contribution in [0, 0.1) is 0 Å². The lowest BCUT2D eigenvalue weighted by Gasteiger charge is -1.81. The zero-order valence-corrected chi connectivity index (χ0v) is 5.39. The van der Waals surface area contributed by atoms with Crippen molar-refractivity contribution >= 4 is 17.3 Å². The second-order valence-corrected chi connectivity index (χ2v) is 2.29. The topological polar surface area (TPSA) is 37.3 Å². The average molecular weight is 141 g/mol. The molecule has 0 atom stereocenters. The molecule has 1 aromatic rings. The second-order valence-electron chi connectivity index (χ2n) is 1.51. The number of aromatic carboxylic acids is 1. The summed E-state index contributed by atoms with van der Waals surface area (Å²) >= 11 is 1.38. The van der Waals surface area contributed by atoms with E-state index in [-0.39, 0.29) is 0 Å². The molecule has 0 aliphatic rings. The average Bonchev–Trinajstić information content (AvgIpc) is 1.90. The van der Waals surface area contributed by atoms with Crippen molar-refractivity contribution in [3.8, 4) is 0 Å². The Bertz CT molecular complexity index is 208. The molecule has 0 bridgehead atoms. The number of rotatable bonds is 1. The summed E-state index contributed by atoms with van der Waals surface area (Å²) in [5.74, 6) is -0.869. The van der Waals surface area contributed by atoms with Gasteiger partial charge in [-0.05, 0) is 12.1 Å². The molecular weight excluding hydrogens is 136 g/mol. The van der Waals surface area contributed by atoms with Gasteiger partial charge in [0.25, 0.3) is 0 Å². The minimum absolute atomic E-state index is 0.350. The molecule has 46 valence electrons. The Kier molecular flexibility index (Phi) is 1.75. The summed E-state index contributed by atoms with van der Waals surface area (Å²) in [6.07, 6.45) is 0. The molecule has 0 spiro atoms. The van der Waals surface area contributed by atoms with Crippen LogP contribution in [0.3, 0.4) is 0 Å². The standard InChI is InChI=1S/C6H4O2S/c7-6(8)5-2-1-3-9-4-5/h1-4H/p+1. The number of carbonyl (C=O) groups is 1. The molecule has 0 amide bonds. The van der Waals surface area contributed by atoms with Crippen LogP contribution in [0.4, 0.5) is 0 Å². The van der Waals surface area contributed by atoms with Gasteiger partial charge >= 0.3 is 5.97 Å². The van der Waals surface area contributed by atoms with Gasteiger partial charge in [0, 0.05) is 0 Å². The van der Waals surface area contributed by atoms with Gasteiger partial charge in [-0.25, -0.2) is 4.79 Å². The highest BCUT2D eigenvalue weighted by Gasteiger charge is 2.03. The smallest absolute Gasteiger partial charge is 0.340 e. The lowest BCUT2D eigenvalue weighted by molar-refractivity contribution is 0.0697. The van der Waals surface area contributed by atoms with Crippen molar-refractivity contribution in [3.63, 3.8) is 0 Å². The van der Waals surface area contributed by atoms with E-state index in [9.17, 15) is 4.79 Å². The highest BCUT2D eigenvalue weighted by molar-refractivity contribution is 7.07. The fourth-order valence-corrected chi connectivity index (χ4v) is 1.04. The molecule has 0 fully saturated rings. The largest absolute Gasteiger partial charge is 0.478 e. The number of hydrogen-bond donors (Lipinski definition) is 1. The Balaban J connectivity index is 2.98. The predicted molar refractivity (Wildman–Crippen MR) is 35.7 cm³/mol. The van der Waals surface area contributed by atoms with Crippen LogP contribution in [0.5, 0.6) is 0 Å². The van der Waals surface area contributed by atoms with Crippen molar-refractivity contribution in [3.05, 3.63) is 28.5 Å². The van der Waals surface area contributed by atoms with Crippen molar-refractivity contribution in [1.29, 1.82) is 0 Å². The number of carboxylic acids is 1. The molecule has 0 saturated heterocycles. The lowest BCUT2D eigenvalue weighted by atomic mass is 10.3. The molecule has 0 aliphatic heterocycles. The van der Waals surface area contributed by atoms with E-state index < -0.39 is 5.97 Å². The van der Waals surface area contributed by atoms with Gasteiger partial charge in [0.1, 0.15) is 5.56 Å². The van der Waals surface area contributed by atoms with Crippen molar-refractivity contribution in [1.82, 2.24) is 0 Å². The van der Waals surface area contributed by atoms with Gasteiger partial charge in [-0.1, -0.05) is 0 Å². The first-order valence-electron chi connectivity index (χ1n) is 2.39. The van der Waals surface area contributed by atoms with Crippen molar-refractivity contribution in [2.24, 2.45) is 0 Å². The molecule has 1 aromatic heterocycles. The number of hydrogen-bond acceptors (Lipinski definition) is 1. The third-order valence-electron chi connectivity index (χ3n) is 0.875. The zero-order valence-electron chi connectivity index (χ0n) is 4.57. The van der Waals surface area contributed by atoms with Crippen LogP contribution >= 0.6 is 11.3 Å². The summed E-state index contributed by atoms with van der Waals surface area (Å²) < 4.78 is 0. The molecule has 0 aromatic carbocycles. The Morgan fingerprint density at radius 2 is 2.44 bits per heavy atom. The minimum atomic E-state index is -0.869. The third kappa shape index (κ3) is 1.47. The van der Waals surface area contributed by atoms with Gasteiger partial charge in [-0.2, -0.15) is 0 Å². The van der Waals surface area contributed by atoms with Crippen LogP contribution in [-0.2, 0) is 0 Å². The quantitative estimate of drug-likeness (QED) is 0.605. The van der Waals surface area contributed by atoms with E-state index in [2.05, 4.69) is 0 Å². The van der Waals surface area contributed by atoms with Gasteiger partial charge in [-0.3, -0.25) is 0 Å². The predicted octanol–water partition coefficient (Wildman–Crippen LogP) is 1.73. The van der Waals surface area contributed by atoms with E-state index in [1.54, 1.807) is 17.5 Å². The monoisotopic (exact) mass is 141 g/mol. The summed E-state index contributed by atoms with van der Waals surface area (Å²) in [7, 11) is 0. The van der Waals surface area contributed by atoms with Crippen LogP contribution in [0.25, 0.3) is 0 Å². The van der Waals surface area contributed by atoms with Gasteiger partial charge < -0.3 is 5.11 Å². The molecule has 3 heteroatoms. The Morgan fingerprint density at radius 1 is 1.67 bits per heavy atom.